The third-order valence-corrected chi connectivity index (χ3v) is 5.05. The highest BCUT2D eigenvalue weighted by Gasteiger charge is 2.21. The molecule has 3 rings (SSSR count). The Morgan fingerprint density at radius 2 is 1.33 bits per heavy atom. The van der Waals surface area contributed by atoms with Gasteiger partial charge in [-0.3, -0.25) is 5.11 Å². The van der Waals surface area contributed by atoms with Gasteiger partial charge in [-0.15, -0.1) is 0 Å². The lowest BCUT2D eigenvalue weighted by Crippen LogP contribution is -2.03. The van der Waals surface area contributed by atoms with Crippen LogP contribution < -0.4 is 0 Å². The first-order valence-electron chi connectivity index (χ1n) is 9.72. The predicted octanol–water partition coefficient (Wildman–Crippen LogP) is 7.32. The summed E-state index contributed by atoms with van der Waals surface area (Å²) in [6, 6.07) is 9.13. The van der Waals surface area contributed by atoms with Crippen molar-refractivity contribution in [3.05, 3.63) is 88.2 Å². The van der Waals surface area contributed by atoms with E-state index in [0.717, 1.165) is 37.0 Å². The van der Waals surface area contributed by atoms with E-state index in [4.69, 9.17) is 0 Å². The van der Waals surface area contributed by atoms with Crippen molar-refractivity contribution in [2.75, 3.05) is 0 Å². The second kappa shape index (κ2) is 9.28. The Balaban J connectivity index is 1.90. The van der Waals surface area contributed by atoms with Crippen LogP contribution in [0.15, 0.2) is 42.5 Å². The molecular weight excluding hydrogens is 399 g/mol. The lowest BCUT2D eigenvalue weighted by atomic mass is 9.95. The molecule has 0 saturated heterocycles. The Labute approximate surface area is 171 Å². The number of unbranched alkanes of at least 4 members (excludes halogenated alkanes) is 1. The molecule has 0 aliphatic heterocycles. The van der Waals surface area contributed by atoms with Gasteiger partial charge < -0.3 is 0 Å². The van der Waals surface area contributed by atoms with Crippen LogP contribution in [0.5, 0.6) is 5.75 Å². The van der Waals surface area contributed by atoms with E-state index in [1.54, 1.807) is 24.3 Å². The highest BCUT2D eigenvalue weighted by Crippen LogP contribution is 2.36. The zero-order valence-electron chi connectivity index (χ0n) is 16.4. The van der Waals surface area contributed by atoms with Gasteiger partial charge in [0.2, 0.25) is 0 Å². The highest BCUT2D eigenvalue weighted by molar-refractivity contribution is 5.72. The topological polar surface area (TPSA) is 19.9 Å². The number of hydrogen-bond donors (Lipinski definition) is 0. The molecule has 30 heavy (non-hydrogen) atoms. The first-order chi connectivity index (χ1) is 14.3. The molecule has 6 heteroatoms. The fourth-order valence-electron chi connectivity index (χ4n) is 3.38. The van der Waals surface area contributed by atoms with Gasteiger partial charge in [-0.05, 0) is 54.5 Å². The number of hydrogen-bond acceptors (Lipinski definition) is 0. The van der Waals surface area contributed by atoms with Crippen molar-refractivity contribution < 1.29 is 27.1 Å². The van der Waals surface area contributed by atoms with E-state index in [0.29, 0.717) is 11.6 Å². The van der Waals surface area contributed by atoms with E-state index in [-0.39, 0.29) is 29.5 Å². The molecule has 3 aromatic rings. The summed E-state index contributed by atoms with van der Waals surface area (Å²) in [6.07, 6.45) is 2.53. The second-order valence-corrected chi connectivity index (χ2v) is 7.20. The molecule has 0 spiro atoms. The van der Waals surface area contributed by atoms with Crippen LogP contribution in [0.2, 0.25) is 0 Å². The zero-order chi connectivity index (χ0) is 21.8. The Kier molecular flexibility index (Phi) is 6.75. The Bertz CT molecular complexity index is 1020. The summed E-state index contributed by atoms with van der Waals surface area (Å²) in [6.45, 7) is 2.07. The molecule has 157 valence electrons. The molecule has 0 fully saturated rings. The maximum Gasteiger partial charge on any atom is 0.194 e. The van der Waals surface area contributed by atoms with Crippen molar-refractivity contribution in [2.45, 2.75) is 39.0 Å². The van der Waals surface area contributed by atoms with Gasteiger partial charge in [-0.25, -0.2) is 22.0 Å². The van der Waals surface area contributed by atoms with Gasteiger partial charge in [-0.2, -0.15) is 0 Å². The van der Waals surface area contributed by atoms with Gasteiger partial charge in [-0.1, -0.05) is 37.6 Å². The predicted molar refractivity (Wildman–Crippen MR) is 104 cm³/mol. The third-order valence-electron chi connectivity index (χ3n) is 5.05. The smallest absolute Gasteiger partial charge is 0.194 e. The van der Waals surface area contributed by atoms with Crippen LogP contribution in [-0.4, -0.2) is 0 Å². The molecule has 0 aromatic heterocycles. The van der Waals surface area contributed by atoms with Crippen LogP contribution in [0.25, 0.3) is 11.1 Å². The Hall–Kier alpha value is -2.89. The molecule has 1 nitrogen and oxygen atoms in total. The van der Waals surface area contributed by atoms with Crippen LogP contribution in [-0.2, 0) is 24.4 Å². The van der Waals surface area contributed by atoms with E-state index in [1.807, 2.05) is 0 Å². The fourth-order valence-corrected chi connectivity index (χ4v) is 3.38. The van der Waals surface area contributed by atoms with Crippen LogP contribution in [0, 0.1) is 29.1 Å². The summed E-state index contributed by atoms with van der Waals surface area (Å²) in [5, 5.41) is 12.3. The first-order valence-corrected chi connectivity index (χ1v) is 9.72. The second-order valence-electron chi connectivity index (χ2n) is 7.20. The Morgan fingerprint density at radius 1 is 0.700 bits per heavy atom. The van der Waals surface area contributed by atoms with Crippen LogP contribution in [0.4, 0.5) is 22.0 Å². The van der Waals surface area contributed by atoms with E-state index < -0.39 is 34.8 Å². The minimum absolute atomic E-state index is 0.0539. The van der Waals surface area contributed by atoms with Gasteiger partial charge in [0.1, 0.15) is 11.6 Å². The highest BCUT2D eigenvalue weighted by atomic mass is 19.2. The molecule has 1 radical (unpaired) electrons. The average molecular weight is 419 g/mol. The molecule has 0 heterocycles. The summed E-state index contributed by atoms with van der Waals surface area (Å²) in [7, 11) is 0. The molecule has 0 atom stereocenters. The fraction of sp³-hybridized carbons (Fsp3) is 0.250. The maximum atomic E-state index is 15.1. The molecule has 0 saturated carbocycles. The zero-order valence-corrected chi connectivity index (χ0v) is 16.4. The molecular formula is C24H20F5O. The summed E-state index contributed by atoms with van der Waals surface area (Å²) < 4.78 is 69.2. The van der Waals surface area contributed by atoms with Gasteiger partial charge >= 0.3 is 0 Å². The third kappa shape index (κ3) is 4.64. The molecule has 0 N–H and O–H groups in total. The number of benzene rings is 3. The number of halogens is 5. The molecule has 3 aromatic carbocycles. The van der Waals surface area contributed by atoms with Gasteiger partial charge in [0.05, 0.1) is 5.56 Å². The lowest BCUT2D eigenvalue weighted by Gasteiger charge is -2.12. The van der Waals surface area contributed by atoms with Gasteiger partial charge in [0.25, 0.3) is 0 Å². The summed E-state index contributed by atoms with van der Waals surface area (Å²) in [5.74, 6) is -7.15. The monoisotopic (exact) mass is 419 g/mol. The molecule has 0 amide bonds. The van der Waals surface area contributed by atoms with Crippen molar-refractivity contribution in [1.82, 2.24) is 0 Å². The minimum atomic E-state index is -1.60. The quantitative estimate of drug-likeness (QED) is 0.282. The van der Waals surface area contributed by atoms with E-state index in [9.17, 15) is 22.7 Å². The van der Waals surface area contributed by atoms with E-state index in [2.05, 4.69) is 6.92 Å². The van der Waals surface area contributed by atoms with Crippen molar-refractivity contribution in [2.24, 2.45) is 0 Å². The normalized spacial score (nSPS) is 11.1. The molecule has 0 aliphatic carbocycles. The van der Waals surface area contributed by atoms with Crippen molar-refractivity contribution in [3.8, 4) is 16.9 Å². The van der Waals surface area contributed by atoms with Gasteiger partial charge in [0, 0.05) is 11.6 Å². The molecule has 0 bridgehead atoms. The molecule has 0 aliphatic rings. The summed E-state index contributed by atoms with van der Waals surface area (Å²) in [4.78, 5) is 0. The first kappa shape index (κ1) is 21.8. The maximum absolute atomic E-state index is 15.1. The standard InChI is InChI=1S/C24H20F5O/c1-2-3-4-14-5-8-16(9-6-14)22-21(30)13-18(25)17(23(22)28)10-7-15-11-19(26)24(29)20(27)12-15/h5-6,8-9,11-13H,2-4,7,10H2,1H3. The lowest BCUT2D eigenvalue weighted by molar-refractivity contribution is 0.350. The van der Waals surface area contributed by atoms with Gasteiger partial charge in [0.15, 0.2) is 23.2 Å². The molecule has 0 unspecified atom stereocenters. The number of aryl methyl sites for hydroxylation is 2. The van der Waals surface area contributed by atoms with Crippen molar-refractivity contribution in [1.29, 1.82) is 0 Å². The minimum Gasteiger partial charge on any atom is -0.289 e. The average Bonchev–Trinajstić information content (AvgIpc) is 2.71. The SMILES string of the molecule is CCCCc1ccc(-c2c([O])cc(F)c(CCc3cc(F)c(F)c(F)c3)c2F)cc1. The summed E-state index contributed by atoms with van der Waals surface area (Å²) in [5.41, 5.74) is 0.835. The van der Waals surface area contributed by atoms with Crippen LogP contribution in [0.3, 0.4) is 0 Å². The Morgan fingerprint density at radius 3 is 1.93 bits per heavy atom. The van der Waals surface area contributed by atoms with Crippen LogP contribution in [0.1, 0.15) is 36.5 Å². The van der Waals surface area contributed by atoms with Crippen molar-refractivity contribution in [3.63, 3.8) is 0 Å². The van der Waals surface area contributed by atoms with Crippen molar-refractivity contribution >= 4 is 0 Å². The number of rotatable bonds is 7. The van der Waals surface area contributed by atoms with E-state index in [1.165, 1.54) is 0 Å². The largest absolute Gasteiger partial charge is 0.289 e. The van der Waals surface area contributed by atoms with Crippen LogP contribution >= 0.6 is 0 Å². The summed E-state index contributed by atoms with van der Waals surface area (Å²) >= 11 is 0. The van der Waals surface area contributed by atoms with E-state index >= 15 is 4.39 Å².